The van der Waals surface area contributed by atoms with Crippen molar-refractivity contribution in [2.75, 3.05) is 19.6 Å². The van der Waals surface area contributed by atoms with Crippen LogP contribution in [0.25, 0.3) is 0 Å². The van der Waals surface area contributed by atoms with E-state index >= 15 is 0 Å². The number of likely N-dealkylation sites (tertiary alicyclic amines) is 2. The van der Waals surface area contributed by atoms with Gasteiger partial charge in [-0.2, -0.15) is 0 Å². The molecule has 2 fully saturated rings. The number of carbonyl (C=O) groups is 1. The van der Waals surface area contributed by atoms with Crippen LogP contribution < -0.4 is 5.73 Å². The lowest BCUT2D eigenvalue weighted by Crippen LogP contribution is -2.59. The SMILES string of the molecule is CCC1CCCCN1C(=O)C(C)N1CCC(N)C(C)(C)C1. The largest absolute Gasteiger partial charge is 0.338 e. The monoisotopic (exact) mass is 295 g/mol. The first-order valence-electron chi connectivity index (χ1n) is 8.67. The van der Waals surface area contributed by atoms with E-state index in [1.165, 1.54) is 12.8 Å². The van der Waals surface area contributed by atoms with Crippen LogP contribution in [0.4, 0.5) is 0 Å². The standard InChI is InChI=1S/C17H33N3O/c1-5-14-8-6-7-10-20(14)16(21)13(2)19-11-9-15(18)17(3,4)12-19/h13-15H,5-12,18H2,1-4H3. The van der Waals surface area contributed by atoms with Gasteiger partial charge in [-0.1, -0.05) is 20.8 Å². The molecule has 0 aromatic heterocycles. The van der Waals surface area contributed by atoms with Gasteiger partial charge in [-0.05, 0) is 44.4 Å². The fourth-order valence-electron chi connectivity index (χ4n) is 3.86. The highest BCUT2D eigenvalue weighted by molar-refractivity contribution is 5.82. The van der Waals surface area contributed by atoms with Gasteiger partial charge < -0.3 is 10.6 Å². The van der Waals surface area contributed by atoms with Crippen molar-refractivity contribution in [2.24, 2.45) is 11.1 Å². The molecule has 2 saturated heterocycles. The average molecular weight is 295 g/mol. The predicted octanol–water partition coefficient (Wildman–Crippen LogP) is 2.23. The van der Waals surface area contributed by atoms with Crippen LogP contribution in [0.1, 0.15) is 59.8 Å². The van der Waals surface area contributed by atoms with E-state index in [1.807, 2.05) is 0 Å². The molecule has 0 aromatic rings. The molecule has 21 heavy (non-hydrogen) atoms. The third kappa shape index (κ3) is 3.59. The highest BCUT2D eigenvalue weighted by Gasteiger charge is 2.38. The number of nitrogens with zero attached hydrogens (tertiary/aromatic N) is 2. The third-order valence-electron chi connectivity index (χ3n) is 5.63. The van der Waals surface area contributed by atoms with Gasteiger partial charge in [-0.25, -0.2) is 0 Å². The summed E-state index contributed by atoms with van der Waals surface area (Å²) in [5.41, 5.74) is 6.31. The minimum absolute atomic E-state index is 0.0103. The number of rotatable bonds is 3. The summed E-state index contributed by atoms with van der Waals surface area (Å²) in [6.07, 6.45) is 5.66. The van der Waals surface area contributed by atoms with Gasteiger partial charge >= 0.3 is 0 Å². The van der Waals surface area contributed by atoms with Crippen molar-refractivity contribution in [2.45, 2.75) is 77.9 Å². The van der Waals surface area contributed by atoms with E-state index in [1.54, 1.807) is 0 Å². The van der Waals surface area contributed by atoms with Gasteiger partial charge in [-0.15, -0.1) is 0 Å². The van der Waals surface area contributed by atoms with Crippen molar-refractivity contribution >= 4 is 5.91 Å². The van der Waals surface area contributed by atoms with Crippen LogP contribution in [0.2, 0.25) is 0 Å². The molecule has 2 rings (SSSR count). The molecular formula is C17H33N3O. The molecule has 0 radical (unpaired) electrons. The summed E-state index contributed by atoms with van der Waals surface area (Å²) in [5, 5.41) is 0. The number of nitrogens with two attached hydrogens (primary N) is 1. The maximum absolute atomic E-state index is 12.9. The lowest BCUT2D eigenvalue weighted by molar-refractivity contribution is -0.141. The fourth-order valence-corrected chi connectivity index (χ4v) is 3.86. The molecular weight excluding hydrogens is 262 g/mol. The van der Waals surface area contributed by atoms with Crippen LogP contribution in [-0.4, -0.2) is 53.5 Å². The molecule has 122 valence electrons. The maximum Gasteiger partial charge on any atom is 0.239 e. The average Bonchev–Trinajstić information content (AvgIpc) is 2.48. The Morgan fingerprint density at radius 3 is 2.62 bits per heavy atom. The smallest absolute Gasteiger partial charge is 0.239 e. The Balaban J connectivity index is 2.01. The zero-order valence-corrected chi connectivity index (χ0v) is 14.3. The van der Waals surface area contributed by atoms with E-state index in [4.69, 9.17) is 5.73 Å². The van der Waals surface area contributed by atoms with Gasteiger partial charge in [0.15, 0.2) is 0 Å². The zero-order chi connectivity index (χ0) is 15.6. The minimum Gasteiger partial charge on any atom is -0.338 e. The Morgan fingerprint density at radius 2 is 2.00 bits per heavy atom. The summed E-state index contributed by atoms with van der Waals surface area (Å²) < 4.78 is 0. The van der Waals surface area contributed by atoms with Gasteiger partial charge in [0, 0.05) is 31.7 Å². The van der Waals surface area contributed by atoms with Crippen LogP contribution in [0.5, 0.6) is 0 Å². The van der Waals surface area contributed by atoms with E-state index in [2.05, 4.69) is 37.5 Å². The van der Waals surface area contributed by atoms with E-state index in [-0.39, 0.29) is 17.5 Å². The summed E-state index contributed by atoms with van der Waals surface area (Å²) in [6, 6.07) is 0.687. The second kappa shape index (κ2) is 6.66. The summed E-state index contributed by atoms with van der Waals surface area (Å²) in [6.45, 7) is 11.5. The molecule has 2 aliphatic rings. The molecule has 2 aliphatic heterocycles. The van der Waals surface area contributed by atoms with Gasteiger partial charge in [-0.3, -0.25) is 9.69 Å². The Hall–Kier alpha value is -0.610. The first-order valence-corrected chi connectivity index (χ1v) is 8.67. The molecule has 1 amide bonds. The highest BCUT2D eigenvalue weighted by atomic mass is 16.2. The zero-order valence-electron chi connectivity index (χ0n) is 14.3. The predicted molar refractivity (Wildman–Crippen MR) is 87.1 cm³/mol. The van der Waals surface area contributed by atoms with Crippen LogP contribution in [0, 0.1) is 5.41 Å². The number of amides is 1. The molecule has 2 heterocycles. The molecule has 3 unspecified atom stereocenters. The van der Waals surface area contributed by atoms with Gasteiger partial charge in [0.1, 0.15) is 0 Å². The van der Waals surface area contributed by atoms with Crippen molar-refractivity contribution in [3.63, 3.8) is 0 Å². The van der Waals surface area contributed by atoms with Crippen LogP contribution in [-0.2, 0) is 4.79 Å². The van der Waals surface area contributed by atoms with E-state index in [0.717, 1.165) is 38.9 Å². The highest BCUT2D eigenvalue weighted by Crippen LogP contribution is 2.30. The Kier molecular flexibility index (Phi) is 5.31. The third-order valence-corrected chi connectivity index (χ3v) is 5.63. The van der Waals surface area contributed by atoms with Gasteiger partial charge in [0.25, 0.3) is 0 Å². The van der Waals surface area contributed by atoms with Crippen molar-refractivity contribution in [1.82, 2.24) is 9.80 Å². The first kappa shape index (κ1) is 16.8. The van der Waals surface area contributed by atoms with Crippen molar-refractivity contribution in [3.8, 4) is 0 Å². The Morgan fingerprint density at radius 1 is 1.29 bits per heavy atom. The summed E-state index contributed by atoms with van der Waals surface area (Å²) in [4.78, 5) is 17.4. The number of hydrogen-bond donors (Lipinski definition) is 1. The second-order valence-corrected chi connectivity index (χ2v) is 7.62. The molecule has 0 bridgehead atoms. The van der Waals surface area contributed by atoms with Crippen molar-refractivity contribution in [3.05, 3.63) is 0 Å². The fraction of sp³-hybridized carbons (Fsp3) is 0.941. The van der Waals surface area contributed by atoms with Crippen LogP contribution in [0.15, 0.2) is 0 Å². The van der Waals surface area contributed by atoms with Gasteiger partial charge in [0.05, 0.1) is 6.04 Å². The molecule has 0 aliphatic carbocycles. The lowest BCUT2D eigenvalue weighted by Gasteiger charge is -2.46. The minimum atomic E-state index is -0.0103. The second-order valence-electron chi connectivity index (χ2n) is 7.62. The summed E-state index contributed by atoms with van der Waals surface area (Å²) in [5.74, 6) is 0.327. The molecule has 4 nitrogen and oxygen atoms in total. The quantitative estimate of drug-likeness (QED) is 0.868. The van der Waals surface area contributed by atoms with Crippen molar-refractivity contribution < 1.29 is 4.79 Å². The lowest BCUT2D eigenvalue weighted by atomic mass is 9.79. The molecule has 3 atom stereocenters. The van der Waals surface area contributed by atoms with Crippen LogP contribution >= 0.6 is 0 Å². The number of hydrogen-bond acceptors (Lipinski definition) is 3. The van der Waals surface area contributed by atoms with E-state index in [0.29, 0.717) is 11.9 Å². The van der Waals surface area contributed by atoms with E-state index in [9.17, 15) is 4.79 Å². The van der Waals surface area contributed by atoms with Gasteiger partial charge in [0.2, 0.25) is 5.91 Å². The molecule has 0 aromatic carbocycles. The maximum atomic E-state index is 12.9. The number of piperidine rings is 2. The first-order chi connectivity index (χ1) is 9.86. The van der Waals surface area contributed by atoms with Crippen LogP contribution in [0.3, 0.4) is 0 Å². The molecule has 0 saturated carbocycles. The summed E-state index contributed by atoms with van der Waals surface area (Å²) >= 11 is 0. The normalized spacial score (nSPS) is 32.0. The topological polar surface area (TPSA) is 49.6 Å². The van der Waals surface area contributed by atoms with E-state index < -0.39 is 0 Å². The molecule has 0 spiro atoms. The van der Waals surface area contributed by atoms with Crippen molar-refractivity contribution in [1.29, 1.82) is 0 Å². The summed E-state index contributed by atoms with van der Waals surface area (Å²) in [7, 11) is 0. The molecule has 2 N–H and O–H groups in total. The molecule has 4 heteroatoms. The Labute approximate surface area is 130 Å². The Bertz CT molecular complexity index is 369. The number of carbonyl (C=O) groups excluding carboxylic acids is 1.